The van der Waals surface area contributed by atoms with Crippen LogP contribution in [0.15, 0.2) is 24.3 Å². The van der Waals surface area contributed by atoms with Gasteiger partial charge in [-0.3, -0.25) is 0 Å². The van der Waals surface area contributed by atoms with Crippen LogP contribution in [-0.2, 0) is 4.74 Å². The van der Waals surface area contributed by atoms with Gasteiger partial charge in [0.25, 0.3) is 0 Å². The number of hydrogen-bond acceptors (Lipinski definition) is 2. The first kappa shape index (κ1) is 16.5. The summed E-state index contributed by atoms with van der Waals surface area (Å²) >= 11 is 5.95. The number of benzene rings is 1. The van der Waals surface area contributed by atoms with Gasteiger partial charge in [-0.1, -0.05) is 37.6 Å². The van der Waals surface area contributed by atoms with Crippen LogP contribution in [-0.4, -0.2) is 26.8 Å². The first-order valence-electron chi connectivity index (χ1n) is 7.10. The van der Waals surface area contributed by atoms with Crippen LogP contribution in [0.5, 0.6) is 0 Å². The van der Waals surface area contributed by atoms with Crippen molar-refractivity contribution < 1.29 is 4.74 Å². The van der Waals surface area contributed by atoms with E-state index in [2.05, 4.69) is 31.3 Å². The van der Waals surface area contributed by atoms with E-state index in [1.54, 1.807) is 7.11 Å². The van der Waals surface area contributed by atoms with Crippen LogP contribution < -0.4 is 5.32 Å². The maximum absolute atomic E-state index is 5.95. The van der Waals surface area contributed by atoms with Gasteiger partial charge in [-0.25, -0.2) is 0 Å². The van der Waals surface area contributed by atoms with Crippen molar-refractivity contribution in [3.63, 3.8) is 0 Å². The zero-order valence-electron chi connectivity index (χ0n) is 12.3. The highest BCUT2D eigenvalue weighted by molar-refractivity contribution is 6.30. The molecule has 0 saturated carbocycles. The van der Waals surface area contributed by atoms with Crippen molar-refractivity contribution in [1.29, 1.82) is 0 Å². The molecule has 1 N–H and O–H groups in total. The highest BCUT2D eigenvalue weighted by Gasteiger charge is 2.15. The molecule has 19 heavy (non-hydrogen) atoms. The summed E-state index contributed by atoms with van der Waals surface area (Å²) in [6.07, 6.45) is 2.23. The highest BCUT2D eigenvalue weighted by atomic mass is 35.5. The molecule has 3 heteroatoms. The maximum atomic E-state index is 5.95. The Morgan fingerprint density at radius 2 is 1.84 bits per heavy atom. The number of halogens is 1. The van der Waals surface area contributed by atoms with Crippen LogP contribution in [0.3, 0.4) is 0 Å². The average molecular weight is 284 g/mol. The average Bonchev–Trinajstić information content (AvgIpc) is 2.39. The number of hydrogen-bond donors (Lipinski definition) is 1. The van der Waals surface area contributed by atoms with Crippen molar-refractivity contribution in [2.24, 2.45) is 5.92 Å². The van der Waals surface area contributed by atoms with E-state index in [0.717, 1.165) is 37.6 Å². The molecule has 0 heterocycles. The Morgan fingerprint density at radius 1 is 1.16 bits per heavy atom. The lowest BCUT2D eigenvalue weighted by Gasteiger charge is -2.21. The molecular weight excluding hydrogens is 258 g/mol. The molecule has 1 aromatic carbocycles. The van der Waals surface area contributed by atoms with Crippen molar-refractivity contribution >= 4 is 11.6 Å². The van der Waals surface area contributed by atoms with E-state index in [1.165, 1.54) is 5.56 Å². The molecule has 0 amide bonds. The molecule has 0 radical (unpaired) electrons. The Balaban J connectivity index is 2.39. The Hall–Kier alpha value is -0.570. The summed E-state index contributed by atoms with van der Waals surface area (Å²) in [5, 5.41) is 4.29. The van der Waals surface area contributed by atoms with Gasteiger partial charge in [0.05, 0.1) is 0 Å². The number of ether oxygens (including phenoxy) is 1. The number of rotatable bonds is 9. The summed E-state index contributed by atoms with van der Waals surface area (Å²) in [6.45, 7) is 7.47. The topological polar surface area (TPSA) is 21.3 Å². The van der Waals surface area contributed by atoms with Crippen LogP contribution in [0.2, 0.25) is 5.02 Å². The van der Waals surface area contributed by atoms with Gasteiger partial charge in [-0.15, -0.1) is 0 Å². The van der Waals surface area contributed by atoms with Gasteiger partial charge >= 0.3 is 0 Å². The fourth-order valence-electron chi connectivity index (χ4n) is 2.32. The predicted molar refractivity (Wildman–Crippen MR) is 83.0 cm³/mol. The van der Waals surface area contributed by atoms with Crippen LogP contribution in [0.1, 0.15) is 38.2 Å². The molecule has 0 aliphatic carbocycles. The van der Waals surface area contributed by atoms with E-state index in [1.807, 2.05) is 12.1 Å². The minimum Gasteiger partial charge on any atom is -0.385 e. The fourth-order valence-corrected chi connectivity index (χ4v) is 2.44. The second-order valence-corrected chi connectivity index (χ2v) is 5.72. The van der Waals surface area contributed by atoms with Crippen molar-refractivity contribution in [3.8, 4) is 0 Å². The SMILES string of the molecule is COCCCNCCC(c1ccc(Cl)cc1)C(C)C. The lowest BCUT2D eigenvalue weighted by Crippen LogP contribution is -2.21. The third-order valence-electron chi connectivity index (χ3n) is 3.44. The largest absolute Gasteiger partial charge is 0.385 e. The van der Waals surface area contributed by atoms with E-state index < -0.39 is 0 Å². The zero-order chi connectivity index (χ0) is 14.1. The van der Waals surface area contributed by atoms with E-state index in [4.69, 9.17) is 16.3 Å². The molecular formula is C16H26ClNO. The molecule has 0 fully saturated rings. The monoisotopic (exact) mass is 283 g/mol. The van der Waals surface area contributed by atoms with Crippen LogP contribution >= 0.6 is 11.6 Å². The Bertz CT molecular complexity index is 337. The summed E-state index contributed by atoms with van der Waals surface area (Å²) in [5.41, 5.74) is 1.39. The molecule has 0 aliphatic rings. The fraction of sp³-hybridized carbons (Fsp3) is 0.625. The minimum atomic E-state index is 0.590. The Kier molecular flexibility index (Phi) is 8.11. The molecule has 0 bridgehead atoms. The second-order valence-electron chi connectivity index (χ2n) is 5.29. The quantitative estimate of drug-likeness (QED) is 0.689. The van der Waals surface area contributed by atoms with Crippen LogP contribution in [0.25, 0.3) is 0 Å². The van der Waals surface area contributed by atoms with E-state index in [-0.39, 0.29) is 0 Å². The number of methoxy groups -OCH3 is 1. The van der Waals surface area contributed by atoms with E-state index >= 15 is 0 Å². The summed E-state index contributed by atoms with van der Waals surface area (Å²) < 4.78 is 5.04. The minimum absolute atomic E-state index is 0.590. The third-order valence-corrected chi connectivity index (χ3v) is 3.69. The summed E-state index contributed by atoms with van der Waals surface area (Å²) in [7, 11) is 1.75. The van der Waals surface area contributed by atoms with Gasteiger partial charge in [0.2, 0.25) is 0 Å². The van der Waals surface area contributed by atoms with Crippen molar-refractivity contribution in [3.05, 3.63) is 34.9 Å². The van der Waals surface area contributed by atoms with Crippen LogP contribution in [0, 0.1) is 5.92 Å². The maximum Gasteiger partial charge on any atom is 0.0474 e. The van der Waals surface area contributed by atoms with E-state index in [0.29, 0.717) is 11.8 Å². The molecule has 108 valence electrons. The molecule has 2 nitrogen and oxygen atoms in total. The van der Waals surface area contributed by atoms with Gasteiger partial charge in [0.1, 0.15) is 0 Å². The first-order valence-corrected chi connectivity index (χ1v) is 7.48. The van der Waals surface area contributed by atoms with Crippen molar-refractivity contribution in [1.82, 2.24) is 5.32 Å². The second kappa shape index (κ2) is 9.35. The summed E-state index contributed by atoms with van der Waals surface area (Å²) in [6, 6.07) is 8.27. The molecule has 0 spiro atoms. The predicted octanol–water partition coefficient (Wildman–Crippen LogP) is 4.10. The molecule has 1 aromatic rings. The molecule has 1 atom stereocenters. The standard InChI is InChI=1S/C16H26ClNO/c1-13(2)16(9-11-18-10-4-12-19-3)14-5-7-15(17)8-6-14/h5-8,13,16,18H,4,9-12H2,1-3H3. The molecule has 0 aliphatic heterocycles. The van der Waals surface area contributed by atoms with Gasteiger partial charge in [-0.2, -0.15) is 0 Å². The van der Waals surface area contributed by atoms with Gasteiger partial charge in [0.15, 0.2) is 0 Å². The van der Waals surface area contributed by atoms with Crippen molar-refractivity contribution in [2.75, 3.05) is 26.8 Å². The highest BCUT2D eigenvalue weighted by Crippen LogP contribution is 2.28. The lowest BCUT2D eigenvalue weighted by molar-refractivity contribution is 0.194. The molecule has 1 unspecified atom stereocenters. The van der Waals surface area contributed by atoms with Crippen LogP contribution in [0.4, 0.5) is 0 Å². The van der Waals surface area contributed by atoms with Gasteiger partial charge in [-0.05, 0) is 55.5 Å². The molecule has 0 saturated heterocycles. The smallest absolute Gasteiger partial charge is 0.0474 e. The zero-order valence-corrected chi connectivity index (χ0v) is 13.0. The third kappa shape index (κ3) is 6.42. The van der Waals surface area contributed by atoms with Gasteiger partial charge in [0, 0.05) is 18.7 Å². The van der Waals surface area contributed by atoms with Crippen molar-refractivity contribution in [2.45, 2.75) is 32.6 Å². The lowest BCUT2D eigenvalue weighted by atomic mass is 9.86. The molecule has 1 rings (SSSR count). The Labute approximate surface area is 122 Å². The van der Waals surface area contributed by atoms with Gasteiger partial charge < -0.3 is 10.1 Å². The molecule has 0 aromatic heterocycles. The Morgan fingerprint density at radius 3 is 2.42 bits per heavy atom. The number of nitrogens with one attached hydrogen (secondary N) is 1. The summed E-state index contributed by atoms with van der Waals surface area (Å²) in [5.74, 6) is 1.23. The summed E-state index contributed by atoms with van der Waals surface area (Å²) in [4.78, 5) is 0. The normalized spacial score (nSPS) is 12.9. The van der Waals surface area contributed by atoms with E-state index in [9.17, 15) is 0 Å². The first-order chi connectivity index (χ1) is 9.15.